The second-order valence-corrected chi connectivity index (χ2v) is 1.45. The van der Waals surface area contributed by atoms with Crippen molar-refractivity contribution in [2.45, 2.75) is 26.7 Å². The van der Waals surface area contributed by atoms with E-state index in [9.17, 15) is 19.8 Å². The summed E-state index contributed by atoms with van der Waals surface area (Å²) in [6.07, 6.45) is 0.222. The minimum absolute atomic E-state index is 0. The Labute approximate surface area is 208 Å². The molecule has 0 saturated heterocycles. The summed E-state index contributed by atoms with van der Waals surface area (Å²) in [5.74, 6) is -1.99. The fraction of sp³-hybridized carbons (Fsp3) is 0.667. The van der Waals surface area contributed by atoms with Crippen molar-refractivity contribution in [3.63, 3.8) is 0 Å². The van der Waals surface area contributed by atoms with E-state index in [0.717, 1.165) is 0 Å². The molecular formula is C6H11K3O4. The number of carbonyl (C=O) groups excluding carboxylic acids is 2. The summed E-state index contributed by atoms with van der Waals surface area (Å²) in [5, 5.41) is 18.5. The molecule has 0 amide bonds. The summed E-state index contributed by atoms with van der Waals surface area (Å²) in [4.78, 5) is 18.5. The van der Waals surface area contributed by atoms with Crippen LogP contribution in [0, 0.1) is 0 Å². The smallest absolute Gasteiger partial charge is 1.00 e. The second-order valence-electron chi connectivity index (χ2n) is 1.45. The fourth-order valence-electron chi connectivity index (χ4n) is 0. The monoisotopic (exact) mass is 264 g/mol. The summed E-state index contributed by atoms with van der Waals surface area (Å²) < 4.78 is 0. The molecule has 0 atom stereocenters. The molecule has 0 aliphatic rings. The van der Waals surface area contributed by atoms with Crippen LogP contribution in [0.15, 0.2) is 0 Å². The van der Waals surface area contributed by atoms with Gasteiger partial charge < -0.3 is 21.2 Å². The largest absolute Gasteiger partial charge is 1.00 e. The van der Waals surface area contributed by atoms with Crippen LogP contribution in [-0.4, -0.2) is 11.9 Å². The molecule has 7 heteroatoms. The van der Waals surface area contributed by atoms with E-state index in [0.29, 0.717) is 0 Å². The zero-order chi connectivity index (χ0) is 8.57. The van der Waals surface area contributed by atoms with E-state index in [1.54, 1.807) is 0 Å². The van der Waals surface area contributed by atoms with Crippen LogP contribution in [0.5, 0.6) is 0 Å². The first-order valence-corrected chi connectivity index (χ1v) is 2.94. The standard InChI is InChI=1S/2C3H6O2.3K.H/c2*1-2-3(4)5;;;;/h2*2H2,1H3,(H,4,5);;;;/q;;3*+1;-1/p-2. The van der Waals surface area contributed by atoms with Gasteiger partial charge in [0.15, 0.2) is 0 Å². The number of rotatable bonds is 2. The normalized spacial score (nSPS) is 5.69. The topological polar surface area (TPSA) is 80.3 Å². The molecule has 0 unspecified atom stereocenters. The average Bonchev–Trinajstić information content (AvgIpc) is 1.89. The van der Waals surface area contributed by atoms with Crippen LogP contribution in [0.4, 0.5) is 0 Å². The number of carboxylic acids is 2. The van der Waals surface area contributed by atoms with Crippen molar-refractivity contribution >= 4 is 11.9 Å². The van der Waals surface area contributed by atoms with Crippen LogP contribution < -0.4 is 164 Å². The number of hydrogen-bond acceptors (Lipinski definition) is 4. The van der Waals surface area contributed by atoms with Crippen LogP contribution >= 0.6 is 0 Å². The van der Waals surface area contributed by atoms with Gasteiger partial charge in [-0.25, -0.2) is 0 Å². The Morgan fingerprint density at radius 3 is 1.00 bits per heavy atom. The molecule has 0 bridgehead atoms. The minimum Gasteiger partial charge on any atom is -1.00 e. The average molecular weight is 264 g/mol. The van der Waals surface area contributed by atoms with Gasteiger partial charge in [0, 0.05) is 11.9 Å². The van der Waals surface area contributed by atoms with Gasteiger partial charge in [-0.05, 0) is 12.8 Å². The minimum atomic E-state index is -0.995. The van der Waals surface area contributed by atoms with Crippen molar-refractivity contribution in [3.8, 4) is 0 Å². The van der Waals surface area contributed by atoms with Crippen LogP contribution in [0.2, 0.25) is 0 Å². The zero-order valence-electron chi connectivity index (χ0n) is 10.0. The summed E-state index contributed by atoms with van der Waals surface area (Å²) in [6, 6.07) is 0. The molecule has 0 aliphatic heterocycles. The third-order valence-corrected chi connectivity index (χ3v) is 0.577. The van der Waals surface area contributed by atoms with Gasteiger partial charge in [-0.1, -0.05) is 13.8 Å². The van der Waals surface area contributed by atoms with Gasteiger partial charge in [0.25, 0.3) is 0 Å². The molecule has 0 N–H and O–H groups in total. The van der Waals surface area contributed by atoms with Crippen LogP contribution in [0.1, 0.15) is 28.1 Å². The van der Waals surface area contributed by atoms with E-state index >= 15 is 0 Å². The Bertz CT molecular complexity index is 110. The number of aliphatic carboxylic acids is 2. The van der Waals surface area contributed by atoms with E-state index < -0.39 is 11.9 Å². The van der Waals surface area contributed by atoms with Crippen LogP contribution in [0.3, 0.4) is 0 Å². The molecule has 13 heavy (non-hydrogen) atoms. The molecule has 0 fully saturated rings. The van der Waals surface area contributed by atoms with Gasteiger partial charge >= 0.3 is 154 Å². The maximum atomic E-state index is 9.26. The van der Waals surface area contributed by atoms with Gasteiger partial charge in [-0.3, -0.25) is 0 Å². The third kappa shape index (κ3) is 49.3. The molecular weight excluding hydrogens is 253 g/mol. The van der Waals surface area contributed by atoms with E-state index in [-0.39, 0.29) is 168 Å². The van der Waals surface area contributed by atoms with Crippen LogP contribution in [-0.2, 0) is 9.59 Å². The van der Waals surface area contributed by atoms with Gasteiger partial charge in [-0.2, -0.15) is 0 Å². The van der Waals surface area contributed by atoms with E-state index in [2.05, 4.69) is 0 Å². The molecule has 0 saturated carbocycles. The van der Waals surface area contributed by atoms with Gasteiger partial charge in [-0.15, -0.1) is 0 Å². The molecule has 62 valence electrons. The summed E-state index contributed by atoms with van der Waals surface area (Å²) >= 11 is 0. The Hall–Kier alpha value is 3.85. The molecule has 0 rings (SSSR count). The van der Waals surface area contributed by atoms with E-state index in [4.69, 9.17) is 0 Å². The number of carbonyl (C=O) groups is 2. The molecule has 0 spiro atoms. The van der Waals surface area contributed by atoms with E-state index in [1.165, 1.54) is 13.8 Å². The Kier molecular flexibility index (Phi) is 57.7. The SMILES string of the molecule is CCC(=O)[O-].CCC(=O)[O-].[H-].[K+].[K+].[K+]. The fourth-order valence-corrected chi connectivity index (χ4v) is 0. The Morgan fingerprint density at radius 1 is 0.923 bits per heavy atom. The number of hydrogen-bond donors (Lipinski definition) is 0. The summed E-state index contributed by atoms with van der Waals surface area (Å²) in [6.45, 7) is 3.07. The molecule has 0 heterocycles. The number of carboxylic acid groups (broad SMARTS) is 2. The second kappa shape index (κ2) is 24.9. The Morgan fingerprint density at radius 2 is 1.00 bits per heavy atom. The molecule has 0 aromatic rings. The van der Waals surface area contributed by atoms with Crippen molar-refractivity contribution in [1.82, 2.24) is 0 Å². The maximum Gasteiger partial charge on any atom is 1.00 e. The molecule has 0 aliphatic carbocycles. The molecule has 0 aromatic heterocycles. The zero-order valence-corrected chi connectivity index (χ0v) is 18.4. The van der Waals surface area contributed by atoms with Crippen molar-refractivity contribution in [2.75, 3.05) is 0 Å². The van der Waals surface area contributed by atoms with Crippen molar-refractivity contribution in [2.24, 2.45) is 0 Å². The first-order chi connectivity index (χ1) is 4.54. The molecule has 0 aromatic carbocycles. The van der Waals surface area contributed by atoms with Gasteiger partial charge in [0.2, 0.25) is 0 Å². The predicted molar refractivity (Wildman–Crippen MR) is 31.7 cm³/mol. The predicted octanol–water partition coefficient (Wildman–Crippen LogP) is -10.6. The molecule has 0 radical (unpaired) electrons. The van der Waals surface area contributed by atoms with Crippen molar-refractivity contribution in [1.29, 1.82) is 0 Å². The van der Waals surface area contributed by atoms with E-state index in [1.807, 2.05) is 0 Å². The van der Waals surface area contributed by atoms with Crippen LogP contribution in [0.25, 0.3) is 0 Å². The quantitative estimate of drug-likeness (QED) is 0.464. The molecule has 4 nitrogen and oxygen atoms in total. The Balaban J connectivity index is -0.0000000178. The summed E-state index contributed by atoms with van der Waals surface area (Å²) in [7, 11) is 0. The van der Waals surface area contributed by atoms with Gasteiger partial charge in [0.1, 0.15) is 0 Å². The van der Waals surface area contributed by atoms with Crippen molar-refractivity contribution in [3.05, 3.63) is 0 Å². The summed E-state index contributed by atoms with van der Waals surface area (Å²) in [5.41, 5.74) is 0. The first kappa shape index (κ1) is 30.1. The third-order valence-electron chi connectivity index (χ3n) is 0.577. The van der Waals surface area contributed by atoms with Gasteiger partial charge in [0.05, 0.1) is 0 Å². The van der Waals surface area contributed by atoms with Crippen molar-refractivity contribution < 1.29 is 175 Å². The maximum absolute atomic E-state index is 9.26. The first-order valence-electron chi connectivity index (χ1n) is 2.94.